The fourth-order valence-corrected chi connectivity index (χ4v) is 2.98. The summed E-state index contributed by atoms with van der Waals surface area (Å²) in [4.78, 5) is 28.2. The lowest BCUT2D eigenvalue weighted by atomic mass is 10.1. The van der Waals surface area contributed by atoms with Crippen molar-refractivity contribution < 1.29 is 9.21 Å². The molecule has 3 aromatic rings. The Balaban J connectivity index is 1.57. The number of benzene rings is 2. The maximum absolute atomic E-state index is 12.2. The second-order valence-electron chi connectivity index (χ2n) is 6.11. The third-order valence-electron chi connectivity index (χ3n) is 4.40. The number of carbonyl (C=O) groups is 1. The van der Waals surface area contributed by atoms with E-state index in [2.05, 4.69) is 29.0 Å². The number of hydrogen-bond acceptors (Lipinski definition) is 4. The molecule has 26 heavy (non-hydrogen) atoms. The molecule has 0 fully saturated rings. The van der Waals surface area contributed by atoms with Crippen LogP contribution in [0.2, 0.25) is 0 Å². The molecule has 0 saturated carbocycles. The van der Waals surface area contributed by atoms with E-state index in [1.165, 1.54) is 0 Å². The highest BCUT2D eigenvalue weighted by Gasteiger charge is 2.07. The highest BCUT2D eigenvalue weighted by Crippen LogP contribution is 2.18. The minimum absolute atomic E-state index is 0.0404. The van der Waals surface area contributed by atoms with Crippen molar-refractivity contribution >= 4 is 28.4 Å². The predicted octanol–water partition coefficient (Wildman–Crippen LogP) is 3.54. The second kappa shape index (κ2) is 7.91. The van der Waals surface area contributed by atoms with Gasteiger partial charge in [0, 0.05) is 30.9 Å². The highest BCUT2D eigenvalue weighted by atomic mass is 16.4. The molecule has 6 nitrogen and oxygen atoms in total. The quantitative estimate of drug-likeness (QED) is 0.681. The van der Waals surface area contributed by atoms with Crippen LogP contribution >= 0.6 is 0 Å². The van der Waals surface area contributed by atoms with Crippen LogP contribution in [-0.2, 0) is 11.2 Å². The van der Waals surface area contributed by atoms with Gasteiger partial charge in [-0.15, -0.1) is 0 Å². The third kappa shape index (κ3) is 4.14. The van der Waals surface area contributed by atoms with Crippen molar-refractivity contribution in [3.63, 3.8) is 0 Å². The molecular formula is C20H23N3O3. The predicted molar refractivity (Wildman–Crippen MR) is 104 cm³/mol. The summed E-state index contributed by atoms with van der Waals surface area (Å²) in [5.74, 6) is -0.510. The lowest BCUT2D eigenvalue weighted by Gasteiger charge is -2.21. The normalized spacial score (nSPS) is 10.8. The van der Waals surface area contributed by atoms with Crippen LogP contribution < -0.4 is 16.0 Å². The lowest BCUT2D eigenvalue weighted by Crippen LogP contribution is -2.21. The first-order valence-electron chi connectivity index (χ1n) is 8.85. The number of anilines is 2. The summed E-state index contributed by atoms with van der Waals surface area (Å²) < 4.78 is 4.98. The number of nitrogens with zero attached hydrogens (tertiary/aromatic N) is 1. The number of amides is 1. The topological polar surface area (TPSA) is 78.3 Å². The van der Waals surface area contributed by atoms with Crippen molar-refractivity contribution in [2.45, 2.75) is 26.7 Å². The van der Waals surface area contributed by atoms with Gasteiger partial charge in [0.05, 0.1) is 5.52 Å². The standard InChI is InChI=1S/C20H23N3O3/c1-3-23(4-2)16-9-7-15(8-10-16)21-19(24)12-6-14-5-11-18-17(13-14)22-20(25)26-18/h5,7-11,13H,3-4,6,12H2,1-2H3,(H,21,24)(H,22,25). The number of aromatic amines is 1. The van der Waals surface area contributed by atoms with Crippen LogP contribution in [0.5, 0.6) is 0 Å². The molecule has 1 amide bonds. The Kier molecular flexibility index (Phi) is 5.41. The van der Waals surface area contributed by atoms with Crippen LogP contribution in [0.15, 0.2) is 51.7 Å². The minimum Gasteiger partial charge on any atom is -0.408 e. The summed E-state index contributed by atoms with van der Waals surface area (Å²) in [6.45, 7) is 6.15. The van der Waals surface area contributed by atoms with Crippen molar-refractivity contribution in [2.75, 3.05) is 23.3 Å². The molecule has 0 aliphatic carbocycles. The van der Waals surface area contributed by atoms with Gasteiger partial charge in [-0.1, -0.05) is 6.07 Å². The van der Waals surface area contributed by atoms with Crippen molar-refractivity contribution in [1.82, 2.24) is 4.98 Å². The SMILES string of the molecule is CCN(CC)c1ccc(NC(=O)CCc2ccc3oc(=O)[nH]c3c2)cc1. The molecule has 2 N–H and O–H groups in total. The summed E-state index contributed by atoms with van der Waals surface area (Å²) >= 11 is 0. The molecular weight excluding hydrogens is 330 g/mol. The van der Waals surface area contributed by atoms with Gasteiger partial charge in [0.1, 0.15) is 0 Å². The largest absolute Gasteiger partial charge is 0.417 e. The fourth-order valence-electron chi connectivity index (χ4n) is 2.98. The van der Waals surface area contributed by atoms with Crippen molar-refractivity contribution in [3.05, 3.63) is 58.6 Å². The molecule has 6 heteroatoms. The molecule has 1 heterocycles. The summed E-state index contributed by atoms with van der Waals surface area (Å²) in [5.41, 5.74) is 4.09. The molecule has 2 aromatic carbocycles. The number of nitrogens with one attached hydrogen (secondary N) is 2. The Hall–Kier alpha value is -3.02. The zero-order valence-electron chi connectivity index (χ0n) is 15.0. The third-order valence-corrected chi connectivity index (χ3v) is 4.40. The number of hydrogen-bond donors (Lipinski definition) is 2. The fraction of sp³-hybridized carbons (Fsp3) is 0.300. The minimum atomic E-state index is -0.469. The number of carbonyl (C=O) groups excluding carboxylic acids is 1. The molecule has 0 spiro atoms. The van der Waals surface area contributed by atoms with E-state index in [4.69, 9.17) is 4.42 Å². The van der Waals surface area contributed by atoms with Gasteiger partial charge >= 0.3 is 5.76 Å². The summed E-state index contributed by atoms with van der Waals surface area (Å²) in [6, 6.07) is 13.3. The van der Waals surface area contributed by atoms with Gasteiger partial charge in [-0.3, -0.25) is 9.78 Å². The Morgan fingerprint density at radius 3 is 2.54 bits per heavy atom. The average Bonchev–Trinajstić information content (AvgIpc) is 3.01. The number of rotatable bonds is 7. The first kappa shape index (κ1) is 17.8. The maximum Gasteiger partial charge on any atom is 0.417 e. The highest BCUT2D eigenvalue weighted by molar-refractivity contribution is 5.91. The molecule has 0 saturated heterocycles. The molecule has 0 aliphatic rings. The van der Waals surface area contributed by atoms with Crippen LogP contribution in [0.25, 0.3) is 11.1 Å². The van der Waals surface area contributed by atoms with E-state index in [9.17, 15) is 9.59 Å². The van der Waals surface area contributed by atoms with Crippen molar-refractivity contribution in [1.29, 1.82) is 0 Å². The van der Waals surface area contributed by atoms with Gasteiger partial charge in [-0.2, -0.15) is 0 Å². The van der Waals surface area contributed by atoms with Gasteiger partial charge in [0.25, 0.3) is 0 Å². The van der Waals surface area contributed by atoms with Crippen LogP contribution in [0.3, 0.4) is 0 Å². The molecule has 1 aromatic heterocycles. The molecule has 0 bridgehead atoms. The first-order valence-corrected chi connectivity index (χ1v) is 8.85. The van der Waals surface area contributed by atoms with Crippen LogP contribution in [0, 0.1) is 0 Å². The van der Waals surface area contributed by atoms with E-state index < -0.39 is 5.76 Å². The monoisotopic (exact) mass is 353 g/mol. The number of oxazole rings is 1. The van der Waals surface area contributed by atoms with Gasteiger partial charge in [0.15, 0.2) is 5.58 Å². The van der Waals surface area contributed by atoms with E-state index >= 15 is 0 Å². The zero-order chi connectivity index (χ0) is 18.5. The number of aromatic nitrogens is 1. The van der Waals surface area contributed by atoms with E-state index in [1.54, 1.807) is 6.07 Å². The summed E-state index contributed by atoms with van der Waals surface area (Å²) in [7, 11) is 0. The number of H-pyrrole nitrogens is 1. The molecule has 0 unspecified atom stereocenters. The number of fused-ring (bicyclic) bond motifs is 1. The maximum atomic E-state index is 12.2. The average molecular weight is 353 g/mol. The van der Waals surface area contributed by atoms with E-state index in [0.29, 0.717) is 23.9 Å². The zero-order valence-corrected chi connectivity index (χ0v) is 15.0. The first-order chi connectivity index (χ1) is 12.6. The Morgan fingerprint density at radius 1 is 1.12 bits per heavy atom. The van der Waals surface area contributed by atoms with Gasteiger partial charge in [-0.25, -0.2) is 4.79 Å². The Labute approximate surface area is 151 Å². The van der Waals surface area contributed by atoms with Gasteiger partial charge in [-0.05, 0) is 62.2 Å². The number of aryl methyl sites for hydroxylation is 1. The second-order valence-corrected chi connectivity index (χ2v) is 6.11. The van der Waals surface area contributed by atoms with Gasteiger partial charge in [0.2, 0.25) is 5.91 Å². The van der Waals surface area contributed by atoms with E-state index in [-0.39, 0.29) is 5.91 Å². The molecule has 0 aliphatic heterocycles. The van der Waals surface area contributed by atoms with Crippen LogP contribution in [0.1, 0.15) is 25.8 Å². The van der Waals surface area contributed by atoms with Crippen LogP contribution in [-0.4, -0.2) is 24.0 Å². The Bertz CT molecular complexity index is 937. The summed E-state index contributed by atoms with van der Waals surface area (Å²) in [5, 5.41) is 2.92. The molecule has 136 valence electrons. The molecule has 3 rings (SSSR count). The molecule has 0 atom stereocenters. The van der Waals surface area contributed by atoms with E-state index in [0.717, 1.165) is 30.0 Å². The lowest BCUT2D eigenvalue weighted by molar-refractivity contribution is -0.116. The van der Waals surface area contributed by atoms with Gasteiger partial charge < -0.3 is 14.6 Å². The summed E-state index contributed by atoms with van der Waals surface area (Å²) in [6.07, 6.45) is 0.956. The van der Waals surface area contributed by atoms with Crippen molar-refractivity contribution in [2.24, 2.45) is 0 Å². The smallest absolute Gasteiger partial charge is 0.408 e. The molecule has 0 radical (unpaired) electrons. The van der Waals surface area contributed by atoms with Crippen LogP contribution in [0.4, 0.5) is 11.4 Å². The van der Waals surface area contributed by atoms with Crippen molar-refractivity contribution in [3.8, 4) is 0 Å². The van der Waals surface area contributed by atoms with E-state index in [1.807, 2.05) is 36.4 Å². The Morgan fingerprint density at radius 2 is 1.85 bits per heavy atom.